The number of nitrogens with zero attached hydrogens (tertiary/aromatic N) is 10. The molecule has 2 aromatic carbocycles. The quantitative estimate of drug-likeness (QED) is 0.0494. The molecule has 16 heterocycles. The Morgan fingerprint density at radius 3 is 0.682 bits per heavy atom. The van der Waals surface area contributed by atoms with E-state index in [1.165, 1.54) is 0 Å². The van der Waals surface area contributed by atoms with E-state index in [-0.39, 0.29) is 24.7 Å². The van der Waals surface area contributed by atoms with Crippen LogP contribution < -0.4 is 10.6 Å². The van der Waals surface area contributed by atoms with Gasteiger partial charge in [0.1, 0.15) is 0 Å². The smallest absolute Gasteiger partial charge is 0.224 e. The Balaban J connectivity index is 0.652. The minimum absolute atomic E-state index is 0.153. The van der Waals surface area contributed by atoms with Crippen molar-refractivity contribution in [3.63, 3.8) is 0 Å². The molecular weight excluding hydrogens is 1330 g/mol. The molecule has 107 heavy (non-hydrogen) atoms. The van der Waals surface area contributed by atoms with Gasteiger partial charge in [0.05, 0.1) is 45.6 Å². The summed E-state index contributed by atoms with van der Waals surface area (Å²) in [4.78, 5) is 92.0. The molecule has 14 aromatic rings. The summed E-state index contributed by atoms with van der Waals surface area (Å²) in [5.41, 5.74) is 27.9. The fourth-order valence-electron chi connectivity index (χ4n) is 14.7. The molecule has 12 aromatic heterocycles. The summed E-state index contributed by atoms with van der Waals surface area (Å²) in [7, 11) is 0. The Bertz CT molecular complexity index is 5860. The van der Waals surface area contributed by atoms with E-state index in [1.807, 2.05) is 146 Å². The van der Waals surface area contributed by atoms with Crippen LogP contribution in [0, 0.1) is 0 Å². The number of unbranched alkanes of at least 4 members (excludes halogenated alkanes) is 2. The van der Waals surface area contributed by atoms with Crippen LogP contribution in [0.15, 0.2) is 244 Å². The number of nitrogens with one attached hydrogen (secondary N) is 6. The molecule has 0 saturated carbocycles. The molecule has 0 fully saturated rings. The molecule has 0 atom stereocenters. The SMILES string of the molecule is O=C(CCCCCC(=O)Nc1ccccc1-c1c2nc(c(-c3ccncc3)c3ccc([nH]3)c(-c3ccncc3)c3nc(c(-c4ccncc4)c4ccc1[nH]4)C=C3)C=C2)Nc1ccccc1-c1c2nc(c(-c3ccncc3)c3ccc([nH]3)c(-c3ccncc3)c3nc(c(-c4ccncc4)c4ccc1[nH]4)C=C3)C=C2. The zero-order valence-electron chi connectivity index (χ0n) is 57.5. The van der Waals surface area contributed by atoms with E-state index in [0.717, 1.165) is 167 Å². The number of hydrogen-bond acceptors (Lipinski definition) is 12. The second-order valence-corrected chi connectivity index (χ2v) is 26.2. The summed E-state index contributed by atoms with van der Waals surface area (Å²) >= 11 is 0. The van der Waals surface area contributed by atoms with Crippen molar-refractivity contribution in [1.29, 1.82) is 0 Å². The number of carbonyl (C=O) groups is 2. The lowest BCUT2D eigenvalue weighted by atomic mass is 10.0. The van der Waals surface area contributed by atoms with E-state index >= 15 is 0 Å². The number of fused-ring (bicyclic) bond motifs is 16. The van der Waals surface area contributed by atoms with Crippen LogP contribution in [0.3, 0.4) is 0 Å². The molecule has 18 nitrogen and oxygen atoms in total. The van der Waals surface area contributed by atoms with Crippen LogP contribution in [-0.2, 0) is 9.59 Å². The maximum absolute atomic E-state index is 14.4. The van der Waals surface area contributed by atoms with Gasteiger partial charge in [-0.15, -0.1) is 0 Å². The Labute approximate surface area is 613 Å². The van der Waals surface area contributed by atoms with Crippen molar-refractivity contribution >= 4 is 116 Å². The van der Waals surface area contributed by atoms with Crippen LogP contribution in [-0.4, -0.2) is 81.6 Å². The van der Waals surface area contributed by atoms with Crippen LogP contribution in [0.4, 0.5) is 11.4 Å². The maximum atomic E-state index is 14.4. The summed E-state index contributed by atoms with van der Waals surface area (Å²) < 4.78 is 0. The van der Waals surface area contributed by atoms with Crippen LogP contribution >= 0.6 is 0 Å². The molecule has 18 rings (SSSR count). The number of pyridine rings is 6. The first-order valence-corrected chi connectivity index (χ1v) is 35.4. The van der Waals surface area contributed by atoms with Crippen molar-refractivity contribution < 1.29 is 9.59 Å². The third-order valence-corrected chi connectivity index (χ3v) is 19.6. The Morgan fingerprint density at radius 1 is 0.243 bits per heavy atom. The minimum atomic E-state index is -0.153. The summed E-state index contributed by atoms with van der Waals surface area (Å²) in [5, 5.41) is 6.60. The number of amides is 2. The second kappa shape index (κ2) is 28.4. The molecule has 0 radical (unpaired) electrons. The van der Waals surface area contributed by atoms with E-state index in [9.17, 15) is 9.59 Å². The van der Waals surface area contributed by atoms with Gasteiger partial charge in [-0.05, 0) is 228 Å². The first-order chi connectivity index (χ1) is 52.9. The third kappa shape index (κ3) is 12.8. The standard InChI is InChI=1S/C89H64N16O2/c106-80(104-62-10-6-4-8-60(62)88-76-26-22-72(100-76)84(56-34-46-92-47-35-56)68-18-14-64(96-68)82(54-30-42-90-43-31-54)65-15-19-69(97-65)85(57-36-48-93-49-37-57)73-23-27-77(88)101-73)12-2-1-3-13-81(107)105-63-11-7-5-9-61(63)89-78-28-24-74(102-78)86(58-38-50-94-51-39-58)70-20-16-66(98-70)83(55-32-44-91-45-33-55)67-17-21-71(99-67)87(59-40-52-95-53-41-59)75-25-29-79(89)103-75/h4-11,14-53,96,98,101,103H,1-3,12-13H2,(H,104,106)(H,105,107). The molecule has 0 aliphatic carbocycles. The fraction of sp³-hybridized carbons (Fsp3) is 0.0562. The molecular formula is C89H64N16O2. The highest BCUT2D eigenvalue weighted by Crippen LogP contribution is 2.43. The van der Waals surface area contributed by atoms with Gasteiger partial charge in [-0.2, -0.15) is 0 Å². The molecule has 0 unspecified atom stereocenters. The molecule has 6 N–H and O–H groups in total. The molecule has 4 aliphatic heterocycles. The first-order valence-electron chi connectivity index (χ1n) is 35.4. The normalized spacial score (nSPS) is 12.0. The molecule has 512 valence electrons. The lowest BCUT2D eigenvalue weighted by molar-refractivity contribution is -0.116. The fourth-order valence-corrected chi connectivity index (χ4v) is 14.7. The number of para-hydroxylation sites is 2. The van der Waals surface area contributed by atoms with Crippen LogP contribution in [0.5, 0.6) is 0 Å². The van der Waals surface area contributed by atoms with Gasteiger partial charge in [0.15, 0.2) is 0 Å². The molecule has 0 spiro atoms. The summed E-state index contributed by atoms with van der Waals surface area (Å²) in [6.07, 6.45) is 40.1. The van der Waals surface area contributed by atoms with E-state index in [4.69, 9.17) is 19.9 Å². The lowest BCUT2D eigenvalue weighted by Gasteiger charge is -2.13. The minimum Gasteiger partial charge on any atom is -0.354 e. The first kappa shape index (κ1) is 64.6. The Kier molecular flexibility index (Phi) is 17.1. The van der Waals surface area contributed by atoms with Gasteiger partial charge in [-0.25, -0.2) is 19.9 Å². The monoisotopic (exact) mass is 1390 g/mol. The topological polar surface area (TPSA) is 250 Å². The van der Waals surface area contributed by atoms with Gasteiger partial charge < -0.3 is 30.6 Å². The summed E-state index contributed by atoms with van der Waals surface area (Å²) in [5.74, 6) is -0.307. The number of aromatic nitrogens is 14. The van der Waals surface area contributed by atoms with Crippen molar-refractivity contribution in [2.24, 2.45) is 0 Å². The summed E-state index contributed by atoms with van der Waals surface area (Å²) in [6.45, 7) is 0. The van der Waals surface area contributed by atoms with Gasteiger partial charge in [-0.1, -0.05) is 42.8 Å². The van der Waals surface area contributed by atoms with Crippen molar-refractivity contribution in [1.82, 2.24) is 69.8 Å². The van der Waals surface area contributed by atoms with Gasteiger partial charge >= 0.3 is 0 Å². The van der Waals surface area contributed by atoms with Crippen molar-refractivity contribution in [3.8, 4) is 89.0 Å². The lowest BCUT2D eigenvalue weighted by Crippen LogP contribution is -2.13. The number of H-pyrrole nitrogens is 4. The largest absolute Gasteiger partial charge is 0.354 e. The average molecular weight is 1390 g/mol. The number of hydrogen-bond donors (Lipinski definition) is 6. The van der Waals surface area contributed by atoms with Crippen LogP contribution in [0.25, 0.3) is 182 Å². The Hall–Kier alpha value is -14.5. The number of rotatable bonds is 16. The molecule has 16 bridgehead atoms. The zero-order chi connectivity index (χ0) is 71.6. The highest BCUT2D eigenvalue weighted by atomic mass is 16.2. The zero-order valence-corrected chi connectivity index (χ0v) is 57.5. The second-order valence-electron chi connectivity index (χ2n) is 26.2. The van der Waals surface area contributed by atoms with Gasteiger partial charge in [0.25, 0.3) is 0 Å². The molecule has 0 saturated heterocycles. The Morgan fingerprint density at radius 2 is 0.449 bits per heavy atom. The number of carbonyl (C=O) groups excluding carboxylic acids is 2. The predicted molar refractivity (Wildman–Crippen MR) is 428 cm³/mol. The summed E-state index contributed by atoms with van der Waals surface area (Å²) in [6, 6.07) is 56.2. The molecule has 4 aliphatic rings. The van der Waals surface area contributed by atoms with Crippen molar-refractivity contribution in [3.05, 3.63) is 290 Å². The predicted octanol–water partition coefficient (Wildman–Crippen LogP) is 19.9. The molecule has 2 amide bonds. The highest BCUT2D eigenvalue weighted by molar-refractivity contribution is 6.06. The number of benzene rings is 2. The number of aromatic amines is 4. The maximum Gasteiger partial charge on any atom is 0.224 e. The van der Waals surface area contributed by atoms with Crippen LogP contribution in [0.2, 0.25) is 0 Å². The van der Waals surface area contributed by atoms with E-state index in [2.05, 4.69) is 133 Å². The average Bonchev–Trinajstić information content (AvgIpc) is 1.63. The van der Waals surface area contributed by atoms with E-state index in [0.29, 0.717) is 42.0 Å². The van der Waals surface area contributed by atoms with Crippen LogP contribution in [0.1, 0.15) is 77.7 Å². The van der Waals surface area contributed by atoms with Crippen molar-refractivity contribution in [2.75, 3.05) is 10.6 Å². The van der Waals surface area contributed by atoms with Gasteiger partial charge in [-0.3, -0.25) is 39.5 Å². The van der Waals surface area contributed by atoms with Gasteiger partial charge in [0, 0.05) is 198 Å². The number of anilines is 2. The van der Waals surface area contributed by atoms with Gasteiger partial charge in [0.2, 0.25) is 11.8 Å². The third-order valence-electron chi connectivity index (χ3n) is 19.6. The van der Waals surface area contributed by atoms with Crippen molar-refractivity contribution in [2.45, 2.75) is 32.1 Å². The highest BCUT2D eigenvalue weighted by Gasteiger charge is 2.24. The van der Waals surface area contributed by atoms with E-state index in [1.54, 1.807) is 74.4 Å². The molecule has 18 heteroatoms. The van der Waals surface area contributed by atoms with E-state index < -0.39 is 0 Å².